The second-order valence-corrected chi connectivity index (χ2v) is 4.55. The molecule has 2 aromatic rings. The van der Waals surface area contributed by atoms with Crippen LogP contribution in [0.4, 0.5) is 10.1 Å². The fourth-order valence-corrected chi connectivity index (χ4v) is 1.85. The van der Waals surface area contributed by atoms with Crippen molar-refractivity contribution < 1.29 is 19.0 Å². The van der Waals surface area contributed by atoms with Gasteiger partial charge in [-0.05, 0) is 18.2 Å². The molecule has 0 saturated carbocycles. The first-order valence-corrected chi connectivity index (χ1v) is 5.88. The fourth-order valence-electron chi connectivity index (χ4n) is 1.40. The predicted octanol–water partition coefficient (Wildman–Crippen LogP) is 3.06. The van der Waals surface area contributed by atoms with Gasteiger partial charge in [0.25, 0.3) is 0 Å². The lowest BCUT2D eigenvalue weighted by Gasteiger charge is -2.08. The van der Waals surface area contributed by atoms with E-state index in [-0.39, 0.29) is 22.9 Å². The van der Waals surface area contributed by atoms with Crippen LogP contribution in [0.2, 0.25) is 0 Å². The predicted molar refractivity (Wildman–Crippen MR) is 69.8 cm³/mol. The van der Waals surface area contributed by atoms with E-state index in [2.05, 4.69) is 20.9 Å². The number of aromatic nitrogens is 1. The number of carboxylic acids is 1. The van der Waals surface area contributed by atoms with Crippen molar-refractivity contribution in [1.29, 1.82) is 0 Å². The molecule has 98 valence electrons. The molecule has 0 atom stereocenters. The number of halogens is 2. The van der Waals surface area contributed by atoms with E-state index in [1.165, 1.54) is 24.4 Å². The number of benzene rings is 1. The second kappa shape index (κ2) is 5.23. The number of rotatable bonds is 3. The molecule has 1 aromatic heterocycles. The smallest absolute Gasteiger partial charge is 0.341 e. The van der Waals surface area contributed by atoms with Crippen LogP contribution < -0.4 is 10.5 Å². The van der Waals surface area contributed by atoms with E-state index >= 15 is 0 Å². The van der Waals surface area contributed by atoms with E-state index in [1.807, 2.05) is 0 Å². The number of nitrogen functional groups attached to an aromatic ring is 1. The molecule has 0 aliphatic rings. The van der Waals surface area contributed by atoms with E-state index in [0.29, 0.717) is 4.47 Å². The molecule has 2 rings (SSSR count). The van der Waals surface area contributed by atoms with Crippen LogP contribution in [0.25, 0.3) is 0 Å². The Labute approximate surface area is 116 Å². The third-order valence-electron chi connectivity index (χ3n) is 2.15. The van der Waals surface area contributed by atoms with Gasteiger partial charge in [-0.3, -0.25) is 0 Å². The zero-order chi connectivity index (χ0) is 14.0. The minimum Gasteiger partial charge on any atom is -0.477 e. The minimum absolute atomic E-state index is 0.131. The number of hydrogen-bond acceptors (Lipinski definition) is 4. The van der Waals surface area contributed by atoms with E-state index in [4.69, 9.17) is 15.6 Å². The van der Waals surface area contributed by atoms with E-state index in [1.54, 1.807) is 0 Å². The molecular weight excluding hydrogens is 319 g/mol. The Morgan fingerprint density at radius 2 is 2.11 bits per heavy atom. The molecule has 0 aliphatic heterocycles. The number of carbonyl (C=O) groups is 1. The standard InChI is InChI=1S/C12H8BrFN2O3/c13-6-1-7(14)3-9(2-6)19-11-10(12(17)18)4-8(15)5-16-11/h1-5H,15H2,(H,17,18). The van der Waals surface area contributed by atoms with Crippen LogP contribution in [0.1, 0.15) is 10.4 Å². The van der Waals surface area contributed by atoms with Crippen LogP contribution in [0.5, 0.6) is 11.6 Å². The van der Waals surface area contributed by atoms with Crippen LogP contribution in [-0.2, 0) is 0 Å². The number of pyridine rings is 1. The Morgan fingerprint density at radius 3 is 2.74 bits per heavy atom. The van der Waals surface area contributed by atoms with Gasteiger partial charge in [0, 0.05) is 10.5 Å². The Morgan fingerprint density at radius 1 is 1.37 bits per heavy atom. The first-order chi connectivity index (χ1) is 8.95. The maximum absolute atomic E-state index is 13.2. The molecule has 1 aromatic carbocycles. The summed E-state index contributed by atoms with van der Waals surface area (Å²) in [6.07, 6.45) is 1.26. The molecule has 0 unspecified atom stereocenters. The Bertz CT molecular complexity index is 629. The summed E-state index contributed by atoms with van der Waals surface area (Å²) in [6, 6.07) is 5.08. The van der Waals surface area contributed by atoms with Crippen molar-refractivity contribution in [2.24, 2.45) is 0 Å². The summed E-state index contributed by atoms with van der Waals surface area (Å²) in [5, 5.41) is 9.02. The highest BCUT2D eigenvalue weighted by molar-refractivity contribution is 9.10. The van der Waals surface area contributed by atoms with Gasteiger partial charge in [0.05, 0.1) is 11.9 Å². The Balaban J connectivity index is 2.40. The van der Waals surface area contributed by atoms with Gasteiger partial charge in [-0.2, -0.15) is 0 Å². The van der Waals surface area contributed by atoms with Crippen LogP contribution in [0.3, 0.4) is 0 Å². The minimum atomic E-state index is -1.23. The third-order valence-corrected chi connectivity index (χ3v) is 2.61. The molecule has 1 heterocycles. The molecule has 0 spiro atoms. The van der Waals surface area contributed by atoms with Crippen molar-refractivity contribution in [3.05, 3.63) is 46.3 Å². The van der Waals surface area contributed by atoms with Crippen LogP contribution in [0, 0.1) is 5.82 Å². The summed E-state index contributed by atoms with van der Waals surface area (Å²) in [7, 11) is 0. The normalized spacial score (nSPS) is 10.2. The lowest BCUT2D eigenvalue weighted by Crippen LogP contribution is -2.03. The largest absolute Gasteiger partial charge is 0.477 e. The molecule has 0 bridgehead atoms. The lowest BCUT2D eigenvalue weighted by molar-refractivity contribution is 0.0693. The number of ether oxygens (including phenoxy) is 1. The monoisotopic (exact) mass is 326 g/mol. The first-order valence-electron chi connectivity index (χ1n) is 5.08. The van der Waals surface area contributed by atoms with Crippen LogP contribution in [-0.4, -0.2) is 16.1 Å². The zero-order valence-corrected chi connectivity index (χ0v) is 11.0. The highest BCUT2D eigenvalue weighted by atomic mass is 79.9. The van der Waals surface area contributed by atoms with Crippen molar-refractivity contribution in [2.45, 2.75) is 0 Å². The molecule has 5 nitrogen and oxygen atoms in total. The number of nitrogens with two attached hydrogens (primary N) is 1. The van der Waals surface area contributed by atoms with Gasteiger partial charge in [0.1, 0.15) is 17.1 Å². The van der Waals surface area contributed by atoms with E-state index in [9.17, 15) is 9.18 Å². The van der Waals surface area contributed by atoms with Gasteiger partial charge in [-0.1, -0.05) is 15.9 Å². The molecule has 0 fully saturated rings. The van der Waals surface area contributed by atoms with Gasteiger partial charge in [-0.25, -0.2) is 14.2 Å². The fraction of sp³-hybridized carbons (Fsp3) is 0. The quantitative estimate of drug-likeness (QED) is 0.905. The van der Waals surface area contributed by atoms with Crippen LogP contribution in [0.15, 0.2) is 34.9 Å². The first kappa shape index (κ1) is 13.3. The summed E-state index contributed by atoms with van der Waals surface area (Å²) in [5.41, 5.74) is 5.46. The number of aromatic carboxylic acids is 1. The van der Waals surface area contributed by atoms with Gasteiger partial charge in [0.15, 0.2) is 0 Å². The van der Waals surface area contributed by atoms with E-state index < -0.39 is 11.8 Å². The molecule has 0 radical (unpaired) electrons. The Kier molecular flexibility index (Phi) is 3.66. The van der Waals surface area contributed by atoms with Gasteiger partial charge in [-0.15, -0.1) is 0 Å². The number of carboxylic acid groups (broad SMARTS) is 1. The summed E-state index contributed by atoms with van der Waals surface area (Å²) in [4.78, 5) is 14.8. The molecule has 0 amide bonds. The molecule has 0 saturated heterocycles. The van der Waals surface area contributed by atoms with Crippen LogP contribution >= 0.6 is 15.9 Å². The highest BCUT2D eigenvalue weighted by Gasteiger charge is 2.14. The van der Waals surface area contributed by atoms with Gasteiger partial charge < -0.3 is 15.6 Å². The topological polar surface area (TPSA) is 85.4 Å². The zero-order valence-electron chi connectivity index (χ0n) is 9.43. The number of anilines is 1. The summed E-state index contributed by atoms with van der Waals surface area (Å²) in [6.45, 7) is 0. The van der Waals surface area contributed by atoms with Crippen molar-refractivity contribution in [1.82, 2.24) is 4.98 Å². The highest BCUT2D eigenvalue weighted by Crippen LogP contribution is 2.27. The summed E-state index contributed by atoms with van der Waals surface area (Å²) >= 11 is 3.11. The van der Waals surface area contributed by atoms with Crippen molar-refractivity contribution in [3.8, 4) is 11.6 Å². The number of nitrogens with zero attached hydrogens (tertiary/aromatic N) is 1. The lowest BCUT2D eigenvalue weighted by atomic mass is 10.2. The molecule has 3 N–H and O–H groups in total. The van der Waals surface area contributed by atoms with Crippen molar-refractivity contribution >= 4 is 27.6 Å². The second-order valence-electron chi connectivity index (χ2n) is 3.63. The number of hydrogen-bond donors (Lipinski definition) is 2. The average Bonchev–Trinajstić information content (AvgIpc) is 2.30. The summed E-state index contributed by atoms with van der Waals surface area (Å²) < 4.78 is 18.9. The van der Waals surface area contributed by atoms with Crippen molar-refractivity contribution in [2.75, 3.05) is 5.73 Å². The van der Waals surface area contributed by atoms with Gasteiger partial charge in [0.2, 0.25) is 5.88 Å². The van der Waals surface area contributed by atoms with Crippen molar-refractivity contribution in [3.63, 3.8) is 0 Å². The molecule has 7 heteroatoms. The Hall–Kier alpha value is -2.15. The average molecular weight is 327 g/mol. The van der Waals surface area contributed by atoms with E-state index in [0.717, 1.165) is 6.07 Å². The summed E-state index contributed by atoms with van der Waals surface area (Å²) in [5.74, 6) is -1.77. The molecule has 19 heavy (non-hydrogen) atoms. The molecule has 0 aliphatic carbocycles. The third kappa shape index (κ3) is 3.19. The van der Waals surface area contributed by atoms with Gasteiger partial charge >= 0.3 is 5.97 Å². The SMILES string of the molecule is Nc1cnc(Oc2cc(F)cc(Br)c2)c(C(=O)O)c1. The maximum Gasteiger partial charge on any atom is 0.341 e. The molecular formula is C12H8BrFN2O3. The maximum atomic E-state index is 13.2.